The third kappa shape index (κ3) is 7.35. The molecule has 136 valence electrons. The Hall–Kier alpha value is -1.74. The SMILES string of the molecule is C\C=C/C=C(CCC)/C(=C/C)N=C(C)Sc1cc(OCC)ccc1C. The number of benzene rings is 1. The molecule has 0 N–H and O–H groups in total. The maximum atomic E-state index is 5.62. The summed E-state index contributed by atoms with van der Waals surface area (Å²) in [4.78, 5) is 6.07. The minimum atomic E-state index is 0.680. The molecular formula is C22H31NOS. The number of ether oxygens (including phenoxy) is 1. The topological polar surface area (TPSA) is 21.6 Å². The van der Waals surface area contributed by atoms with E-state index in [-0.39, 0.29) is 0 Å². The maximum absolute atomic E-state index is 5.62. The molecule has 1 aromatic rings. The van der Waals surface area contributed by atoms with E-state index < -0.39 is 0 Å². The highest BCUT2D eigenvalue weighted by Gasteiger charge is 2.07. The van der Waals surface area contributed by atoms with Crippen molar-refractivity contribution in [2.75, 3.05) is 6.61 Å². The molecular weight excluding hydrogens is 326 g/mol. The van der Waals surface area contributed by atoms with Crippen molar-refractivity contribution in [2.24, 2.45) is 4.99 Å². The molecule has 0 unspecified atom stereocenters. The Morgan fingerprint density at radius 1 is 1.24 bits per heavy atom. The van der Waals surface area contributed by atoms with Gasteiger partial charge in [-0.1, -0.05) is 55.5 Å². The maximum Gasteiger partial charge on any atom is 0.120 e. The Kier molecular flexibility index (Phi) is 10.0. The van der Waals surface area contributed by atoms with Gasteiger partial charge in [-0.2, -0.15) is 0 Å². The van der Waals surface area contributed by atoms with E-state index >= 15 is 0 Å². The monoisotopic (exact) mass is 357 g/mol. The van der Waals surface area contributed by atoms with Crippen LogP contribution in [0, 0.1) is 6.92 Å². The van der Waals surface area contributed by atoms with Crippen molar-refractivity contribution in [1.82, 2.24) is 0 Å². The summed E-state index contributed by atoms with van der Waals surface area (Å²) in [6.45, 7) is 13.2. The van der Waals surface area contributed by atoms with Gasteiger partial charge in [0.25, 0.3) is 0 Å². The van der Waals surface area contributed by atoms with Crippen LogP contribution in [-0.2, 0) is 0 Å². The van der Waals surface area contributed by atoms with Gasteiger partial charge >= 0.3 is 0 Å². The number of aliphatic imine (C=N–C) groups is 1. The molecule has 0 amide bonds. The molecule has 0 saturated carbocycles. The number of rotatable bonds is 8. The highest BCUT2D eigenvalue weighted by molar-refractivity contribution is 8.14. The first kappa shape index (κ1) is 21.3. The van der Waals surface area contributed by atoms with Gasteiger partial charge in [-0.25, -0.2) is 4.99 Å². The Bertz CT molecular complexity index is 669. The van der Waals surface area contributed by atoms with Gasteiger partial charge in [0, 0.05) is 4.90 Å². The van der Waals surface area contributed by atoms with Crippen molar-refractivity contribution in [2.45, 2.75) is 59.3 Å². The minimum Gasteiger partial charge on any atom is -0.494 e. The van der Waals surface area contributed by atoms with E-state index in [2.05, 4.69) is 64.1 Å². The van der Waals surface area contributed by atoms with Crippen LogP contribution in [-0.4, -0.2) is 11.7 Å². The fourth-order valence-electron chi connectivity index (χ4n) is 2.40. The van der Waals surface area contributed by atoms with Gasteiger partial charge in [-0.3, -0.25) is 0 Å². The molecule has 0 aliphatic rings. The normalized spacial score (nSPS) is 13.6. The Balaban J connectivity index is 3.04. The molecule has 0 fully saturated rings. The standard InChI is InChI=1S/C22H31NOS/c1-7-11-13-19(12-8-2)21(9-3)23-18(6)25-22-16-20(24-10-4)15-14-17(22)5/h7,9,11,13-16H,8,10,12H2,1-6H3/b11-7-,19-13+,21-9-,23-18?. The lowest BCUT2D eigenvalue weighted by molar-refractivity contribution is 0.339. The molecule has 0 aliphatic heterocycles. The van der Waals surface area contributed by atoms with Crippen LogP contribution in [0.4, 0.5) is 0 Å². The zero-order chi connectivity index (χ0) is 18.7. The predicted octanol–water partition coefficient (Wildman–Crippen LogP) is 7.11. The molecule has 0 aliphatic carbocycles. The highest BCUT2D eigenvalue weighted by Crippen LogP contribution is 2.29. The van der Waals surface area contributed by atoms with Gasteiger partial charge in [-0.15, -0.1) is 0 Å². The molecule has 25 heavy (non-hydrogen) atoms. The summed E-state index contributed by atoms with van der Waals surface area (Å²) in [7, 11) is 0. The summed E-state index contributed by atoms with van der Waals surface area (Å²) in [6, 6.07) is 6.22. The number of allylic oxidation sites excluding steroid dienone is 5. The van der Waals surface area contributed by atoms with E-state index in [1.165, 1.54) is 16.0 Å². The van der Waals surface area contributed by atoms with Gasteiger partial charge in [-0.05, 0) is 64.3 Å². The third-order valence-corrected chi connectivity index (χ3v) is 4.66. The van der Waals surface area contributed by atoms with Crippen LogP contribution in [0.5, 0.6) is 5.75 Å². The van der Waals surface area contributed by atoms with Crippen molar-refractivity contribution in [3.8, 4) is 5.75 Å². The molecule has 1 rings (SSSR count). The third-order valence-electron chi connectivity index (χ3n) is 3.62. The van der Waals surface area contributed by atoms with Crippen molar-refractivity contribution in [3.05, 3.63) is 59.3 Å². The Morgan fingerprint density at radius 3 is 2.60 bits per heavy atom. The molecule has 1 aromatic carbocycles. The molecule has 0 aromatic heterocycles. The number of thioether (sulfide) groups is 1. The van der Waals surface area contributed by atoms with E-state index in [0.717, 1.165) is 29.3 Å². The van der Waals surface area contributed by atoms with Gasteiger partial charge < -0.3 is 4.74 Å². The largest absolute Gasteiger partial charge is 0.494 e. The van der Waals surface area contributed by atoms with Crippen molar-refractivity contribution < 1.29 is 4.74 Å². The Labute approximate surface area is 157 Å². The summed E-state index contributed by atoms with van der Waals surface area (Å²) < 4.78 is 5.62. The summed E-state index contributed by atoms with van der Waals surface area (Å²) in [5.41, 5.74) is 3.58. The zero-order valence-corrected chi connectivity index (χ0v) is 17.2. The Morgan fingerprint density at radius 2 is 2.00 bits per heavy atom. The summed E-state index contributed by atoms with van der Waals surface area (Å²) >= 11 is 1.70. The lowest BCUT2D eigenvalue weighted by Crippen LogP contribution is -1.95. The molecule has 2 nitrogen and oxygen atoms in total. The average molecular weight is 358 g/mol. The second kappa shape index (κ2) is 11.8. The second-order valence-electron chi connectivity index (χ2n) is 5.73. The highest BCUT2D eigenvalue weighted by atomic mass is 32.2. The van der Waals surface area contributed by atoms with Crippen LogP contribution >= 0.6 is 11.8 Å². The van der Waals surface area contributed by atoms with Crippen LogP contribution < -0.4 is 4.74 Å². The molecule has 0 atom stereocenters. The van der Waals surface area contributed by atoms with E-state index in [1.807, 2.05) is 19.9 Å². The van der Waals surface area contributed by atoms with Crippen molar-refractivity contribution in [3.63, 3.8) is 0 Å². The van der Waals surface area contributed by atoms with E-state index in [0.29, 0.717) is 6.61 Å². The fourth-order valence-corrected chi connectivity index (χ4v) is 3.27. The number of hydrogen-bond donors (Lipinski definition) is 0. The van der Waals surface area contributed by atoms with Crippen LogP contribution in [0.1, 0.15) is 53.0 Å². The first-order valence-corrected chi connectivity index (χ1v) is 9.82. The van der Waals surface area contributed by atoms with Crippen LogP contribution in [0.3, 0.4) is 0 Å². The number of nitrogens with zero attached hydrogens (tertiary/aromatic N) is 1. The van der Waals surface area contributed by atoms with Crippen LogP contribution in [0.2, 0.25) is 0 Å². The van der Waals surface area contributed by atoms with Crippen molar-refractivity contribution in [1.29, 1.82) is 0 Å². The zero-order valence-electron chi connectivity index (χ0n) is 16.4. The van der Waals surface area contributed by atoms with E-state index in [9.17, 15) is 0 Å². The predicted molar refractivity (Wildman–Crippen MR) is 113 cm³/mol. The summed E-state index contributed by atoms with van der Waals surface area (Å²) in [5, 5.41) is 1.03. The van der Waals surface area contributed by atoms with Gasteiger partial charge in [0.1, 0.15) is 5.75 Å². The number of aryl methyl sites for hydroxylation is 1. The van der Waals surface area contributed by atoms with E-state index in [1.54, 1.807) is 11.8 Å². The molecule has 0 spiro atoms. The lowest BCUT2D eigenvalue weighted by Gasteiger charge is -2.11. The number of hydrogen-bond acceptors (Lipinski definition) is 3. The smallest absolute Gasteiger partial charge is 0.120 e. The summed E-state index contributed by atoms with van der Waals surface area (Å²) in [5.74, 6) is 0.911. The first-order chi connectivity index (χ1) is 12.0. The molecule has 0 saturated heterocycles. The second-order valence-corrected chi connectivity index (χ2v) is 6.97. The van der Waals surface area contributed by atoms with Gasteiger partial charge in [0.2, 0.25) is 0 Å². The first-order valence-electron chi connectivity index (χ1n) is 9.00. The molecule has 0 bridgehead atoms. The molecule has 0 radical (unpaired) electrons. The van der Waals surface area contributed by atoms with E-state index in [4.69, 9.17) is 9.73 Å². The quantitative estimate of drug-likeness (QED) is 0.214. The van der Waals surface area contributed by atoms with Crippen LogP contribution in [0.15, 0.2) is 63.7 Å². The minimum absolute atomic E-state index is 0.680. The van der Waals surface area contributed by atoms with Crippen molar-refractivity contribution >= 4 is 16.8 Å². The molecule has 3 heteroatoms. The average Bonchev–Trinajstić information content (AvgIpc) is 2.60. The van der Waals surface area contributed by atoms with Crippen LogP contribution in [0.25, 0.3) is 0 Å². The fraction of sp³-hybridized carbons (Fsp3) is 0.409. The van der Waals surface area contributed by atoms with Gasteiger partial charge in [0.15, 0.2) is 0 Å². The molecule has 0 heterocycles. The van der Waals surface area contributed by atoms with Gasteiger partial charge in [0.05, 0.1) is 17.3 Å². The lowest BCUT2D eigenvalue weighted by atomic mass is 10.1. The summed E-state index contributed by atoms with van der Waals surface area (Å²) in [6.07, 6.45) is 10.5.